The SMILES string of the molecule is Cc1cc(-c2cccc3c2-c2ccccc2C3(C)C)ccc1N(c1ccccc1)c1ccc(-c2cccc3c2ccc2c(N)c(O)ccc23)cc1. The van der Waals surface area contributed by atoms with E-state index >= 15 is 0 Å². The molecule has 0 radical (unpaired) electrons. The van der Waals surface area contributed by atoms with Crippen molar-refractivity contribution in [2.24, 2.45) is 0 Å². The fourth-order valence-electron chi connectivity index (χ4n) is 8.30. The molecule has 51 heavy (non-hydrogen) atoms. The van der Waals surface area contributed by atoms with Crippen LogP contribution in [-0.2, 0) is 5.41 Å². The molecular weight excluding hydrogens is 621 g/mol. The lowest BCUT2D eigenvalue weighted by Gasteiger charge is -2.28. The lowest BCUT2D eigenvalue weighted by molar-refractivity contribution is 0.478. The number of aromatic hydroxyl groups is 1. The smallest absolute Gasteiger partial charge is 0.139 e. The summed E-state index contributed by atoms with van der Waals surface area (Å²) in [5.41, 5.74) is 21.4. The highest BCUT2D eigenvalue weighted by Gasteiger charge is 2.36. The van der Waals surface area contributed by atoms with E-state index in [1.807, 2.05) is 12.1 Å². The standard InChI is InChI=1S/C48H38N2O/c1-30-29-32(36-15-10-18-43-46(36)41-13-7-8-17-42(41)48(43,2)3)21-27-44(30)50(33-11-5-4-6-12-33)34-22-19-31(20-23-34)35-14-9-16-37-38(35)24-25-40-39(37)26-28-45(51)47(40)49/h4-29,51H,49H2,1-3H3. The molecule has 3 nitrogen and oxygen atoms in total. The highest BCUT2D eigenvalue weighted by molar-refractivity contribution is 6.15. The summed E-state index contributed by atoms with van der Waals surface area (Å²) in [6, 6.07) is 56.1. The van der Waals surface area contributed by atoms with Crippen molar-refractivity contribution >= 4 is 44.3 Å². The maximum atomic E-state index is 10.2. The second kappa shape index (κ2) is 11.6. The van der Waals surface area contributed by atoms with Crippen LogP contribution in [0.25, 0.3) is 54.9 Å². The van der Waals surface area contributed by atoms with Gasteiger partial charge in [0.25, 0.3) is 0 Å². The maximum absolute atomic E-state index is 10.2. The van der Waals surface area contributed by atoms with Crippen molar-refractivity contribution in [1.82, 2.24) is 0 Å². The van der Waals surface area contributed by atoms with Crippen LogP contribution in [0.1, 0.15) is 30.5 Å². The van der Waals surface area contributed by atoms with Crippen molar-refractivity contribution in [1.29, 1.82) is 0 Å². The van der Waals surface area contributed by atoms with E-state index in [0.717, 1.165) is 49.7 Å². The topological polar surface area (TPSA) is 49.5 Å². The average molecular weight is 659 g/mol. The number of hydrogen-bond acceptors (Lipinski definition) is 3. The second-order valence-electron chi connectivity index (χ2n) is 14.2. The third kappa shape index (κ3) is 4.80. The maximum Gasteiger partial charge on any atom is 0.139 e. The lowest BCUT2D eigenvalue weighted by atomic mass is 9.82. The van der Waals surface area contributed by atoms with Gasteiger partial charge in [0, 0.05) is 27.9 Å². The number of para-hydroxylation sites is 1. The number of benzene rings is 8. The minimum atomic E-state index is -0.0367. The molecule has 0 unspecified atom stereocenters. The molecule has 0 heterocycles. The molecule has 0 saturated carbocycles. The van der Waals surface area contributed by atoms with Crippen molar-refractivity contribution in [2.45, 2.75) is 26.2 Å². The Morgan fingerprint density at radius 2 is 1.12 bits per heavy atom. The Morgan fingerprint density at radius 1 is 0.510 bits per heavy atom. The normalized spacial score (nSPS) is 12.9. The molecule has 9 rings (SSSR count). The molecule has 0 aliphatic heterocycles. The van der Waals surface area contributed by atoms with E-state index < -0.39 is 0 Å². The van der Waals surface area contributed by atoms with Gasteiger partial charge in [0.2, 0.25) is 0 Å². The summed E-state index contributed by atoms with van der Waals surface area (Å²) in [5, 5.41) is 14.3. The number of nitrogens with zero attached hydrogens (tertiary/aromatic N) is 1. The van der Waals surface area contributed by atoms with Gasteiger partial charge >= 0.3 is 0 Å². The zero-order chi connectivity index (χ0) is 34.9. The summed E-state index contributed by atoms with van der Waals surface area (Å²) in [7, 11) is 0. The van der Waals surface area contributed by atoms with Crippen molar-refractivity contribution in [3.05, 3.63) is 174 Å². The van der Waals surface area contributed by atoms with Crippen molar-refractivity contribution in [3.63, 3.8) is 0 Å². The van der Waals surface area contributed by atoms with Crippen LogP contribution >= 0.6 is 0 Å². The van der Waals surface area contributed by atoms with Gasteiger partial charge in [0.1, 0.15) is 5.75 Å². The summed E-state index contributed by atoms with van der Waals surface area (Å²) in [4.78, 5) is 2.35. The van der Waals surface area contributed by atoms with Crippen LogP contribution in [0, 0.1) is 6.92 Å². The summed E-state index contributed by atoms with van der Waals surface area (Å²) >= 11 is 0. The van der Waals surface area contributed by atoms with Gasteiger partial charge in [0.15, 0.2) is 0 Å². The molecule has 3 N–H and O–H groups in total. The largest absolute Gasteiger partial charge is 0.506 e. The molecule has 1 aliphatic carbocycles. The zero-order valence-electron chi connectivity index (χ0n) is 29.0. The second-order valence-corrected chi connectivity index (χ2v) is 14.2. The van der Waals surface area contributed by atoms with E-state index in [4.69, 9.17) is 5.73 Å². The van der Waals surface area contributed by atoms with Crippen LogP contribution in [0.2, 0.25) is 0 Å². The fraction of sp³-hybridized carbons (Fsp3) is 0.0833. The van der Waals surface area contributed by atoms with Crippen LogP contribution in [0.3, 0.4) is 0 Å². The molecule has 0 bridgehead atoms. The minimum Gasteiger partial charge on any atom is -0.506 e. The molecule has 0 atom stereocenters. The molecule has 0 spiro atoms. The first-order valence-corrected chi connectivity index (χ1v) is 17.5. The van der Waals surface area contributed by atoms with E-state index in [1.54, 1.807) is 6.07 Å². The lowest BCUT2D eigenvalue weighted by Crippen LogP contribution is -2.14. The molecule has 0 aromatic heterocycles. The van der Waals surface area contributed by atoms with Gasteiger partial charge in [-0.15, -0.1) is 0 Å². The van der Waals surface area contributed by atoms with Gasteiger partial charge in [-0.1, -0.05) is 123 Å². The molecular formula is C48H38N2O. The third-order valence-electron chi connectivity index (χ3n) is 10.9. The van der Waals surface area contributed by atoms with Crippen LogP contribution < -0.4 is 10.6 Å². The summed E-state index contributed by atoms with van der Waals surface area (Å²) in [6.45, 7) is 6.89. The number of nitrogens with two attached hydrogens (primary N) is 1. The Bertz CT molecular complexity index is 2640. The number of aryl methyl sites for hydroxylation is 1. The highest BCUT2D eigenvalue weighted by atomic mass is 16.3. The van der Waals surface area contributed by atoms with Crippen LogP contribution in [0.15, 0.2) is 158 Å². The Labute approximate surface area is 298 Å². The van der Waals surface area contributed by atoms with E-state index in [0.29, 0.717) is 5.69 Å². The van der Waals surface area contributed by atoms with Crippen LogP contribution in [-0.4, -0.2) is 5.11 Å². The van der Waals surface area contributed by atoms with Gasteiger partial charge in [-0.05, 0) is 122 Å². The predicted octanol–water partition coefficient (Wildman–Crippen LogP) is 12.7. The first-order chi connectivity index (χ1) is 24.8. The van der Waals surface area contributed by atoms with E-state index in [2.05, 4.69) is 165 Å². The summed E-state index contributed by atoms with van der Waals surface area (Å²) in [5.74, 6) is 0.111. The Kier molecular flexibility index (Phi) is 7.01. The van der Waals surface area contributed by atoms with Gasteiger partial charge in [-0.3, -0.25) is 0 Å². The zero-order valence-corrected chi connectivity index (χ0v) is 29.0. The van der Waals surface area contributed by atoms with E-state index in [1.165, 1.54) is 38.9 Å². The minimum absolute atomic E-state index is 0.0367. The number of nitrogen functional groups attached to an aromatic ring is 1. The molecule has 0 saturated heterocycles. The molecule has 246 valence electrons. The molecule has 0 amide bonds. The van der Waals surface area contributed by atoms with E-state index in [-0.39, 0.29) is 11.2 Å². The summed E-state index contributed by atoms with van der Waals surface area (Å²) < 4.78 is 0. The van der Waals surface area contributed by atoms with Crippen LogP contribution in [0.5, 0.6) is 5.75 Å². The van der Waals surface area contributed by atoms with Gasteiger partial charge in [0.05, 0.1) is 5.69 Å². The number of fused-ring (bicyclic) bond motifs is 6. The number of rotatable bonds is 5. The van der Waals surface area contributed by atoms with Gasteiger partial charge in [-0.25, -0.2) is 0 Å². The van der Waals surface area contributed by atoms with Crippen LogP contribution in [0.4, 0.5) is 22.7 Å². The average Bonchev–Trinajstić information content (AvgIpc) is 3.40. The molecule has 8 aromatic carbocycles. The first-order valence-electron chi connectivity index (χ1n) is 17.5. The molecule has 1 aliphatic rings. The fourth-order valence-corrected chi connectivity index (χ4v) is 8.30. The quantitative estimate of drug-likeness (QED) is 0.110. The predicted molar refractivity (Wildman–Crippen MR) is 215 cm³/mol. The number of phenolic OH excluding ortho intramolecular Hbond substituents is 1. The third-order valence-corrected chi connectivity index (χ3v) is 10.9. The number of anilines is 4. The van der Waals surface area contributed by atoms with Gasteiger partial charge < -0.3 is 15.7 Å². The first kappa shape index (κ1) is 30.7. The monoisotopic (exact) mass is 658 g/mol. The van der Waals surface area contributed by atoms with Crippen molar-refractivity contribution < 1.29 is 5.11 Å². The number of phenols is 1. The summed E-state index contributed by atoms with van der Waals surface area (Å²) in [6.07, 6.45) is 0. The van der Waals surface area contributed by atoms with Gasteiger partial charge in [-0.2, -0.15) is 0 Å². The Balaban J connectivity index is 1.12. The van der Waals surface area contributed by atoms with Crippen molar-refractivity contribution in [3.8, 4) is 39.1 Å². The molecule has 8 aromatic rings. The van der Waals surface area contributed by atoms with E-state index in [9.17, 15) is 5.11 Å². The van der Waals surface area contributed by atoms with Crippen molar-refractivity contribution in [2.75, 3.05) is 10.6 Å². The molecule has 0 fully saturated rings. The number of hydrogen-bond donors (Lipinski definition) is 2. The Hall–Kier alpha value is -6.32. The molecule has 3 heteroatoms. The highest BCUT2D eigenvalue weighted by Crippen LogP contribution is 2.52. The Morgan fingerprint density at radius 3 is 1.92 bits per heavy atom.